The van der Waals surface area contributed by atoms with Gasteiger partial charge in [-0.25, -0.2) is 4.79 Å². The second-order valence-electron chi connectivity index (χ2n) is 9.06. The van der Waals surface area contributed by atoms with Crippen LogP contribution in [0.1, 0.15) is 37.3 Å². The Bertz CT molecular complexity index is 1030. The summed E-state index contributed by atoms with van der Waals surface area (Å²) in [5, 5.41) is 6.39. The van der Waals surface area contributed by atoms with E-state index in [2.05, 4.69) is 29.5 Å². The van der Waals surface area contributed by atoms with Crippen molar-refractivity contribution in [2.75, 3.05) is 12.3 Å². The van der Waals surface area contributed by atoms with E-state index in [9.17, 15) is 9.59 Å². The lowest BCUT2D eigenvalue weighted by Crippen LogP contribution is -2.49. The van der Waals surface area contributed by atoms with E-state index in [0.29, 0.717) is 36.1 Å². The van der Waals surface area contributed by atoms with Gasteiger partial charge in [0.1, 0.15) is 12.4 Å². The van der Waals surface area contributed by atoms with Crippen LogP contribution < -0.4 is 10.6 Å². The molecule has 0 bridgehead atoms. The normalized spacial score (nSPS) is 12.8. The molecule has 0 spiro atoms. The molecule has 36 heavy (non-hydrogen) atoms. The minimum absolute atomic E-state index is 0.108. The van der Waals surface area contributed by atoms with Crippen molar-refractivity contribution in [3.63, 3.8) is 0 Å². The molecular formula is C28H35N3O4S. The molecule has 3 aromatic rings. The van der Waals surface area contributed by atoms with E-state index >= 15 is 0 Å². The Morgan fingerprint density at radius 3 is 2.56 bits per heavy atom. The van der Waals surface area contributed by atoms with E-state index in [0.717, 1.165) is 17.7 Å². The monoisotopic (exact) mass is 509 g/mol. The number of nitrogens with one attached hydrogen (secondary N) is 2. The van der Waals surface area contributed by atoms with Crippen molar-refractivity contribution < 1.29 is 18.7 Å². The lowest BCUT2D eigenvalue weighted by Gasteiger charge is -2.24. The summed E-state index contributed by atoms with van der Waals surface area (Å²) in [6, 6.07) is 18.7. The summed E-state index contributed by atoms with van der Waals surface area (Å²) in [4.78, 5) is 29.8. The molecule has 8 heteroatoms. The Kier molecular flexibility index (Phi) is 11.5. The number of ether oxygens (including phenoxy) is 1. The van der Waals surface area contributed by atoms with Crippen LogP contribution in [0.5, 0.6) is 0 Å². The first-order valence-electron chi connectivity index (χ1n) is 12.2. The number of pyridine rings is 1. The van der Waals surface area contributed by atoms with Gasteiger partial charge in [0.25, 0.3) is 0 Å². The Balaban J connectivity index is 1.56. The van der Waals surface area contributed by atoms with Crippen molar-refractivity contribution in [3.8, 4) is 0 Å². The fraction of sp³-hybridized carbons (Fsp3) is 0.393. The third-order valence-corrected chi connectivity index (χ3v) is 6.48. The van der Waals surface area contributed by atoms with Gasteiger partial charge in [0.2, 0.25) is 0 Å². The molecule has 2 aromatic heterocycles. The quantitative estimate of drug-likeness (QED) is 0.297. The predicted molar refractivity (Wildman–Crippen MR) is 143 cm³/mol. The van der Waals surface area contributed by atoms with E-state index in [1.165, 1.54) is 11.8 Å². The highest BCUT2D eigenvalue weighted by molar-refractivity contribution is 7.99. The highest BCUT2D eigenvalue weighted by Crippen LogP contribution is 2.15. The third kappa shape index (κ3) is 10.3. The van der Waals surface area contributed by atoms with Crippen LogP contribution in [0, 0.1) is 5.92 Å². The number of benzene rings is 1. The number of ketones is 1. The zero-order valence-electron chi connectivity index (χ0n) is 20.9. The molecule has 2 heterocycles. The number of rotatable bonds is 15. The first-order valence-corrected chi connectivity index (χ1v) is 13.4. The van der Waals surface area contributed by atoms with Gasteiger partial charge >= 0.3 is 6.09 Å². The molecule has 0 aliphatic heterocycles. The summed E-state index contributed by atoms with van der Waals surface area (Å²) in [5.41, 5.74) is 1.77. The van der Waals surface area contributed by atoms with Gasteiger partial charge in [0.05, 0.1) is 29.5 Å². The highest BCUT2D eigenvalue weighted by atomic mass is 32.2. The Hall–Kier alpha value is -3.10. The molecule has 2 atom stereocenters. The predicted octanol–water partition coefficient (Wildman–Crippen LogP) is 5.02. The van der Waals surface area contributed by atoms with Crippen molar-refractivity contribution in [2.45, 2.75) is 51.1 Å². The average molecular weight is 510 g/mol. The molecule has 0 saturated heterocycles. The molecule has 0 radical (unpaired) electrons. The van der Waals surface area contributed by atoms with E-state index in [1.54, 1.807) is 12.5 Å². The maximum atomic E-state index is 13.2. The summed E-state index contributed by atoms with van der Waals surface area (Å²) < 4.78 is 10.7. The van der Waals surface area contributed by atoms with Crippen LogP contribution in [0.15, 0.2) is 77.5 Å². The van der Waals surface area contributed by atoms with Gasteiger partial charge in [0.15, 0.2) is 5.78 Å². The SMILES string of the molecule is CC(C)CC(CNC(Cc1ccccc1)C(=O)CSCc1ccco1)NC(=O)OCc1ccccn1. The smallest absolute Gasteiger partial charge is 0.407 e. The molecule has 2 unspecified atom stereocenters. The lowest BCUT2D eigenvalue weighted by atomic mass is 10.0. The number of amides is 1. The minimum Gasteiger partial charge on any atom is -0.468 e. The molecular weight excluding hydrogens is 474 g/mol. The lowest BCUT2D eigenvalue weighted by molar-refractivity contribution is -0.118. The van der Waals surface area contributed by atoms with Crippen molar-refractivity contribution >= 4 is 23.6 Å². The summed E-state index contributed by atoms with van der Waals surface area (Å²) in [7, 11) is 0. The van der Waals surface area contributed by atoms with Gasteiger partial charge in [-0.1, -0.05) is 50.2 Å². The molecule has 3 rings (SSSR count). The fourth-order valence-corrected chi connectivity index (χ4v) is 4.65. The Morgan fingerprint density at radius 1 is 1.06 bits per heavy atom. The van der Waals surface area contributed by atoms with Crippen LogP contribution in [0.2, 0.25) is 0 Å². The summed E-state index contributed by atoms with van der Waals surface area (Å²) in [6.07, 6.45) is 4.15. The number of aromatic nitrogens is 1. The van der Waals surface area contributed by atoms with Crippen molar-refractivity contribution in [3.05, 3.63) is 90.1 Å². The van der Waals surface area contributed by atoms with Crippen LogP contribution >= 0.6 is 11.8 Å². The standard InChI is InChI=1S/C28H35N3O4S/c1-21(2)15-24(31-28(33)35-18-23-11-6-7-13-29-23)17-30-26(16-22-9-4-3-5-10-22)27(32)20-36-19-25-12-8-14-34-25/h3-14,21,24,26,30H,15-20H2,1-2H3,(H,31,33). The van der Waals surface area contributed by atoms with E-state index in [4.69, 9.17) is 9.15 Å². The third-order valence-electron chi connectivity index (χ3n) is 5.51. The second kappa shape index (κ2) is 15.1. The zero-order chi connectivity index (χ0) is 25.6. The first kappa shape index (κ1) is 27.5. The van der Waals surface area contributed by atoms with Crippen molar-refractivity contribution in [1.29, 1.82) is 0 Å². The number of carbonyl (C=O) groups excluding carboxylic acids is 2. The number of Topliss-reactive ketones (excluding diaryl/α,β-unsaturated/α-hetero) is 1. The van der Waals surface area contributed by atoms with Crippen molar-refractivity contribution in [1.82, 2.24) is 15.6 Å². The van der Waals surface area contributed by atoms with E-state index < -0.39 is 6.09 Å². The zero-order valence-corrected chi connectivity index (χ0v) is 21.7. The van der Waals surface area contributed by atoms with Crippen LogP contribution in [0.3, 0.4) is 0 Å². The van der Waals surface area contributed by atoms with Crippen LogP contribution in [-0.2, 0) is 28.3 Å². The molecule has 0 aliphatic carbocycles. The van der Waals surface area contributed by atoms with Gasteiger partial charge in [0, 0.05) is 18.8 Å². The number of furan rings is 1. The number of carbonyl (C=O) groups is 2. The topological polar surface area (TPSA) is 93.5 Å². The number of alkyl carbamates (subject to hydrolysis) is 1. The maximum absolute atomic E-state index is 13.2. The highest BCUT2D eigenvalue weighted by Gasteiger charge is 2.22. The van der Waals surface area contributed by atoms with Crippen LogP contribution in [-0.4, -0.2) is 41.2 Å². The Labute approximate surface area is 217 Å². The Morgan fingerprint density at radius 2 is 1.86 bits per heavy atom. The molecule has 7 nitrogen and oxygen atoms in total. The van der Waals surface area contributed by atoms with Crippen LogP contribution in [0.25, 0.3) is 0 Å². The summed E-state index contributed by atoms with van der Waals surface area (Å²) in [6.45, 7) is 4.77. The van der Waals surface area contributed by atoms with E-state index in [1.807, 2.05) is 60.7 Å². The molecule has 1 aromatic carbocycles. The fourth-order valence-electron chi connectivity index (χ4n) is 3.78. The van der Waals surface area contributed by atoms with Crippen LogP contribution in [0.4, 0.5) is 4.79 Å². The largest absolute Gasteiger partial charge is 0.468 e. The molecule has 0 saturated carbocycles. The second-order valence-corrected chi connectivity index (χ2v) is 10.0. The van der Waals surface area contributed by atoms with Gasteiger partial charge in [-0.3, -0.25) is 9.78 Å². The summed E-state index contributed by atoms with van der Waals surface area (Å²) in [5.74, 6) is 2.36. The van der Waals surface area contributed by atoms with Crippen molar-refractivity contribution in [2.24, 2.45) is 5.92 Å². The number of nitrogens with zero attached hydrogens (tertiary/aromatic N) is 1. The van der Waals surface area contributed by atoms with E-state index in [-0.39, 0.29) is 24.5 Å². The molecule has 0 aliphatic rings. The summed E-state index contributed by atoms with van der Waals surface area (Å²) >= 11 is 1.54. The number of hydrogen-bond acceptors (Lipinski definition) is 7. The average Bonchev–Trinajstić information content (AvgIpc) is 3.39. The van der Waals surface area contributed by atoms with Gasteiger partial charge in [-0.05, 0) is 48.6 Å². The first-order chi connectivity index (χ1) is 17.5. The molecule has 1 amide bonds. The van der Waals surface area contributed by atoms with Gasteiger partial charge < -0.3 is 19.8 Å². The van der Waals surface area contributed by atoms with Gasteiger partial charge in [-0.15, -0.1) is 11.8 Å². The number of thioether (sulfide) groups is 1. The molecule has 2 N–H and O–H groups in total. The maximum Gasteiger partial charge on any atom is 0.407 e. The van der Waals surface area contributed by atoms with Gasteiger partial charge in [-0.2, -0.15) is 0 Å². The molecule has 0 fully saturated rings. The number of hydrogen-bond donors (Lipinski definition) is 2. The minimum atomic E-state index is -0.493. The molecule has 192 valence electrons.